The molecule has 0 spiro atoms. The second-order valence-corrected chi connectivity index (χ2v) is 8.57. The van der Waals surface area contributed by atoms with Crippen molar-refractivity contribution >= 4 is 30.9 Å². The molecule has 4 rings (SSSR count). The molecule has 0 bridgehead atoms. The minimum absolute atomic E-state index is 0. The van der Waals surface area contributed by atoms with E-state index in [1.807, 2.05) is 68.0 Å². The van der Waals surface area contributed by atoms with Crippen LogP contribution in [0.4, 0.5) is 11.5 Å². The molecule has 0 saturated carbocycles. The number of nitrogens with one attached hydrogen (secondary N) is 1. The predicted octanol–water partition coefficient (Wildman–Crippen LogP) is 3.21. The lowest BCUT2D eigenvalue weighted by atomic mass is 9.99. The molecule has 0 radical (unpaired) electrons. The summed E-state index contributed by atoms with van der Waals surface area (Å²) in [5.41, 5.74) is 4.26. The van der Waals surface area contributed by atoms with E-state index in [4.69, 9.17) is 10.2 Å². The molecule has 0 saturated heterocycles. The van der Waals surface area contributed by atoms with E-state index in [1.165, 1.54) is 0 Å². The van der Waals surface area contributed by atoms with Gasteiger partial charge in [0.1, 0.15) is 17.6 Å². The van der Waals surface area contributed by atoms with Crippen LogP contribution in [0.1, 0.15) is 42.1 Å². The highest BCUT2D eigenvalue weighted by molar-refractivity contribution is 7.59. The van der Waals surface area contributed by atoms with Gasteiger partial charge < -0.3 is 10.2 Å². The Morgan fingerprint density at radius 2 is 2.00 bits per heavy atom. The van der Waals surface area contributed by atoms with Crippen molar-refractivity contribution in [2.24, 2.45) is 5.92 Å². The van der Waals surface area contributed by atoms with Gasteiger partial charge in [0.15, 0.2) is 5.82 Å². The highest BCUT2D eigenvalue weighted by atomic mass is 32.1. The summed E-state index contributed by atoms with van der Waals surface area (Å²) in [6.45, 7) is 6.59. The Bertz CT molecular complexity index is 1200. The van der Waals surface area contributed by atoms with Crippen molar-refractivity contribution in [2.75, 3.05) is 17.3 Å². The van der Waals surface area contributed by atoms with Crippen molar-refractivity contribution in [2.45, 2.75) is 46.2 Å². The van der Waals surface area contributed by atoms with Gasteiger partial charge in [0.25, 0.3) is 0 Å². The molecule has 1 amide bonds. The van der Waals surface area contributed by atoms with Crippen LogP contribution in [0.5, 0.6) is 0 Å². The number of aryl methyl sites for hydroxylation is 3. The monoisotopic (exact) mass is 463 g/mol. The zero-order chi connectivity index (χ0) is 22.8. The molecule has 1 aromatic carbocycles. The fraction of sp³-hybridized carbons (Fsp3) is 0.375. The molecule has 1 aliphatic heterocycles. The lowest BCUT2D eigenvalue weighted by Crippen LogP contribution is -2.49. The molecule has 0 fully saturated rings. The third kappa shape index (κ3) is 5.17. The van der Waals surface area contributed by atoms with Crippen molar-refractivity contribution in [3.05, 3.63) is 64.9 Å². The van der Waals surface area contributed by atoms with Crippen molar-refractivity contribution < 1.29 is 4.79 Å². The van der Waals surface area contributed by atoms with E-state index in [-0.39, 0.29) is 31.4 Å². The number of amides is 1. The van der Waals surface area contributed by atoms with Crippen LogP contribution in [0, 0.1) is 24.2 Å². The number of carbonyl (C=O) groups is 1. The van der Waals surface area contributed by atoms with E-state index in [9.17, 15) is 4.79 Å². The second-order valence-electron chi connectivity index (χ2n) is 8.57. The average Bonchev–Trinajstić information content (AvgIpc) is 3.20. The summed E-state index contributed by atoms with van der Waals surface area (Å²) in [7, 11) is 1.92. The minimum Gasteiger partial charge on any atom is -0.346 e. The third-order valence-corrected chi connectivity index (χ3v) is 5.74. The number of nitrogens with zero attached hydrogens (tertiary/aromatic N) is 6. The summed E-state index contributed by atoms with van der Waals surface area (Å²) in [5, 5.41) is 16.5. The Kier molecular flexibility index (Phi) is 7.39. The van der Waals surface area contributed by atoms with Crippen LogP contribution in [0.2, 0.25) is 0 Å². The van der Waals surface area contributed by atoms with Crippen LogP contribution in [0.25, 0.3) is 0 Å². The second kappa shape index (κ2) is 10.0. The summed E-state index contributed by atoms with van der Waals surface area (Å²) in [6.07, 6.45) is 5.32. The quantitative estimate of drug-likeness (QED) is 0.603. The number of fused-ring (bicyclic) bond motifs is 1. The average molecular weight is 464 g/mol. The van der Waals surface area contributed by atoms with Gasteiger partial charge in [0.05, 0.1) is 30.1 Å². The molecule has 33 heavy (non-hydrogen) atoms. The Morgan fingerprint density at radius 1 is 1.21 bits per heavy atom. The molecule has 1 atom stereocenters. The fourth-order valence-electron chi connectivity index (χ4n) is 4.19. The van der Waals surface area contributed by atoms with Crippen molar-refractivity contribution in [1.82, 2.24) is 19.7 Å². The lowest BCUT2D eigenvalue weighted by Gasteiger charge is -2.36. The zero-order valence-electron chi connectivity index (χ0n) is 19.3. The number of benzene rings is 1. The number of carbonyl (C=O) groups excluding carboxylic acids is 1. The van der Waals surface area contributed by atoms with Gasteiger partial charge in [0.2, 0.25) is 5.91 Å². The van der Waals surface area contributed by atoms with Gasteiger partial charge in [0, 0.05) is 19.7 Å². The van der Waals surface area contributed by atoms with Crippen molar-refractivity contribution in [1.29, 1.82) is 5.26 Å². The largest absolute Gasteiger partial charge is 0.346 e. The summed E-state index contributed by atoms with van der Waals surface area (Å²) >= 11 is 0. The standard InChI is InChI=1S/C24H27N7O.H2S/c1-15(2)22-24(32)29-21-16(3)27-20(28-23(21)30(22)4)9-8-19-12-26-31(14-19)13-18-7-5-6-17(10-18)11-25;/h5-7,10,12,14-15,22H,8-9,13H2,1-4H3,(H,29,32);1H2/t22-;/m0./s1. The van der Waals surface area contributed by atoms with Gasteiger partial charge in [-0.3, -0.25) is 9.48 Å². The maximum atomic E-state index is 12.5. The number of nitriles is 1. The molecular weight excluding hydrogens is 434 g/mol. The Balaban J connectivity index is 0.00000306. The number of hydrogen-bond donors (Lipinski definition) is 1. The van der Waals surface area contributed by atoms with Gasteiger partial charge in [-0.25, -0.2) is 9.97 Å². The molecule has 1 aliphatic rings. The first-order valence-electron chi connectivity index (χ1n) is 10.8. The van der Waals surface area contributed by atoms with E-state index in [2.05, 4.69) is 21.5 Å². The normalized spacial score (nSPS) is 15.0. The van der Waals surface area contributed by atoms with E-state index < -0.39 is 0 Å². The smallest absolute Gasteiger partial charge is 0.247 e. The first-order chi connectivity index (χ1) is 15.4. The lowest BCUT2D eigenvalue weighted by molar-refractivity contribution is -0.118. The van der Waals surface area contributed by atoms with Crippen molar-refractivity contribution in [3.8, 4) is 6.07 Å². The van der Waals surface area contributed by atoms with Gasteiger partial charge in [-0.1, -0.05) is 26.0 Å². The molecule has 2 aromatic heterocycles. The maximum absolute atomic E-state index is 12.5. The van der Waals surface area contributed by atoms with Crippen LogP contribution < -0.4 is 10.2 Å². The first-order valence-corrected chi connectivity index (χ1v) is 10.8. The van der Waals surface area contributed by atoms with Crippen LogP contribution in [-0.2, 0) is 24.2 Å². The number of rotatable bonds is 6. The summed E-state index contributed by atoms with van der Waals surface area (Å²) in [6, 6.07) is 9.47. The van der Waals surface area contributed by atoms with E-state index in [0.29, 0.717) is 24.2 Å². The molecule has 172 valence electrons. The van der Waals surface area contributed by atoms with E-state index >= 15 is 0 Å². The minimum atomic E-state index is -0.248. The van der Waals surface area contributed by atoms with Crippen LogP contribution in [0.3, 0.4) is 0 Å². The Morgan fingerprint density at radius 3 is 2.73 bits per heavy atom. The van der Waals surface area contributed by atoms with Gasteiger partial charge >= 0.3 is 0 Å². The maximum Gasteiger partial charge on any atom is 0.247 e. The van der Waals surface area contributed by atoms with E-state index in [1.54, 1.807) is 6.07 Å². The molecule has 9 heteroatoms. The summed E-state index contributed by atoms with van der Waals surface area (Å²) in [4.78, 5) is 23.9. The highest BCUT2D eigenvalue weighted by Crippen LogP contribution is 2.33. The van der Waals surface area contributed by atoms with Crippen molar-refractivity contribution in [3.63, 3.8) is 0 Å². The molecule has 3 aromatic rings. The number of anilines is 2. The van der Waals surface area contributed by atoms with Gasteiger partial charge in [-0.05, 0) is 42.5 Å². The topological polar surface area (TPSA) is 99.7 Å². The predicted molar refractivity (Wildman–Crippen MR) is 133 cm³/mol. The fourth-order valence-corrected chi connectivity index (χ4v) is 4.19. The number of hydrogen-bond acceptors (Lipinski definition) is 6. The number of likely N-dealkylation sites (N-methyl/N-ethyl adjacent to an activating group) is 1. The first kappa shape index (κ1) is 24.3. The SMILES string of the molecule is Cc1nc(CCc2cnn(Cc3cccc(C#N)c3)c2)nc2c1NC(=O)[C@H](C(C)C)N2C.S. The molecule has 0 unspecified atom stereocenters. The molecule has 8 nitrogen and oxygen atoms in total. The van der Waals surface area contributed by atoms with Crippen LogP contribution >= 0.6 is 13.5 Å². The summed E-state index contributed by atoms with van der Waals surface area (Å²) in [5.74, 6) is 1.69. The molecule has 0 aliphatic carbocycles. The molecular formula is C24H29N7OS. The zero-order valence-corrected chi connectivity index (χ0v) is 20.3. The van der Waals surface area contributed by atoms with Crippen LogP contribution in [0.15, 0.2) is 36.7 Å². The van der Waals surface area contributed by atoms with Crippen LogP contribution in [-0.4, -0.2) is 38.7 Å². The van der Waals surface area contributed by atoms with Gasteiger partial charge in [-0.15, -0.1) is 0 Å². The molecule has 1 N–H and O–H groups in total. The highest BCUT2D eigenvalue weighted by Gasteiger charge is 2.35. The summed E-state index contributed by atoms with van der Waals surface area (Å²) < 4.78 is 1.88. The van der Waals surface area contributed by atoms with Gasteiger partial charge in [-0.2, -0.15) is 23.9 Å². The Hall–Kier alpha value is -3.38. The third-order valence-electron chi connectivity index (χ3n) is 5.74. The van der Waals surface area contributed by atoms with E-state index in [0.717, 1.165) is 34.9 Å². The number of aromatic nitrogens is 4. The Labute approximate surface area is 201 Å². The molecule has 3 heterocycles.